The Morgan fingerprint density at radius 1 is 1.10 bits per heavy atom. The number of nitrogens with one attached hydrogen (secondary N) is 1. The Morgan fingerprint density at radius 2 is 2.05 bits per heavy atom. The number of anilines is 1. The van der Waals surface area contributed by atoms with Gasteiger partial charge in [0.2, 0.25) is 0 Å². The van der Waals surface area contributed by atoms with E-state index in [0.29, 0.717) is 0 Å². The number of benzene rings is 1. The van der Waals surface area contributed by atoms with Gasteiger partial charge in [-0.15, -0.1) is 0 Å². The molecule has 0 aliphatic rings. The van der Waals surface area contributed by atoms with Gasteiger partial charge in [0.25, 0.3) is 0 Å². The van der Waals surface area contributed by atoms with Gasteiger partial charge < -0.3 is 9.88 Å². The highest BCUT2D eigenvalue weighted by atomic mass is 15.3. The largest absolute Gasteiger partial charge is 0.379 e. The molecule has 1 N–H and O–H groups in total. The topological polar surface area (TPSA) is 34.8 Å². The molecular formula is C16H18N4. The fourth-order valence-electron chi connectivity index (χ4n) is 2.23. The molecule has 0 spiro atoms. The van der Waals surface area contributed by atoms with Crippen LogP contribution < -0.4 is 5.32 Å². The van der Waals surface area contributed by atoms with E-state index in [1.54, 1.807) is 6.20 Å². The van der Waals surface area contributed by atoms with Crippen LogP contribution in [0.3, 0.4) is 0 Å². The van der Waals surface area contributed by atoms with E-state index in [-0.39, 0.29) is 0 Å². The van der Waals surface area contributed by atoms with Gasteiger partial charge in [-0.2, -0.15) is 5.10 Å². The molecule has 3 rings (SSSR count). The molecule has 2 aromatic heterocycles. The first kappa shape index (κ1) is 12.5. The van der Waals surface area contributed by atoms with Crippen molar-refractivity contribution in [3.05, 3.63) is 72.3 Å². The fraction of sp³-hybridized carbons (Fsp3) is 0.188. The van der Waals surface area contributed by atoms with Gasteiger partial charge in [0, 0.05) is 37.0 Å². The molecular weight excluding hydrogens is 248 g/mol. The monoisotopic (exact) mass is 266 g/mol. The summed E-state index contributed by atoms with van der Waals surface area (Å²) in [5.41, 5.74) is 3.64. The summed E-state index contributed by atoms with van der Waals surface area (Å²) in [6, 6.07) is 14.6. The molecule has 2 heterocycles. The van der Waals surface area contributed by atoms with E-state index in [0.717, 1.165) is 18.8 Å². The molecule has 4 nitrogen and oxygen atoms in total. The van der Waals surface area contributed by atoms with Crippen molar-refractivity contribution in [3.63, 3.8) is 0 Å². The standard InChI is InChI=1S/C16H18N4/c1-19-9-3-7-16(19)12-17-15-6-2-5-14(11-15)13-20-10-4-8-18-20/h2-11,17H,12-13H2,1H3. The van der Waals surface area contributed by atoms with E-state index in [4.69, 9.17) is 0 Å². The molecule has 0 amide bonds. The predicted octanol–water partition coefficient (Wildman–Crippen LogP) is 2.88. The van der Waals surface area contributed by atoms with E-state index in [2.05, 4.69) is 64.6 Å². The molecule has 1 aromatic carbocycles. The van der Waals surface area contributed by atoms with Gasteiger partial charge in [-0.1, -0.05) is 12.1 Å². The van der Waals surface area contributed by atoms with E-state index in [9.17, 15) is 0 Å². The van der Waals surface area contributed by atoms with Crippen LogP contribution in [0.25, 0.3) is 0 Å². The summed E-state index contributed by atoms with van der Waals surface area (Å²) in [6.07, 6.45) is 5.84. The van der Waals surface area contributed by atoms with Gasteiger partial charge in [-0.3, -0.25) is 4.68 Å². The van der Waals surface area contributed by atoms with Crippen LogP contribution in [0.5, 0.6) is 0 Å². The summed E-state index contributed by atoms with van der Waals surface area (Å²) in [5, 5.41) is 7.69. The number of aryl methyl sites for hydroxylation is 1. The van der Waals surface area contributed by atoms with E-state index < -0.39 is 0 Å². The molecule has 0 saturated carbocycles. The smallest absolute Gasteiger partial charge is 0.0660 e. The van der Waals surface area contributed by atoms with Crippen LogP contribution in [-0.2, 0) is 20.1 Å². The molecule has 0 bridgehead atoms. The summed E-state index contributed by atoms with van der Waals surface area (Å²) >= 11 is 0. The first-order valence-electron chi connectivity index (χ1n) is 6.72. The van der Waals surface area contributed by atoms with Crippen molar-refractivity contribution < 1.29 is 0 Å². The maximum absolute atomic E-state index is 4.23. The second-order valence-corrected chi connectivity index (χ2v) is 4.87. The number of hydrogen-bond donors (Lipinski definition) is 1. The first-order chi connectivity index (χ1) is 9.81. The average molecular weight is 266 g/mol. The van der Waals surface area contributed by atoms with E-state index >= 15 is 0 Å². The third-order valence-electron chi connectivity index (χ3n) is 3.36. The summed E-state index contributed by atoms with van der Waals surface area (Å²) in [5.74, 6) is 0. The normalized spacial score (nSPS) is 10.7. The van der Waals surface area contributed by atoms with Gasteiger partial charge in [0.1, 0.15) is 0 Å². The minimum Gasteiger partial charge on any atom is -0.379 e. The Bertz CT molecular complexity index is 667. The van der Waals surface area contributed by atoms with Gasteiger partial charge >= 0.3 is 0 Å². The molecule has 0 aliphatic heterocycles. The lowest BCUT2D eigenvalue weighted by molar-refractivity contribution is 0.687. The molecule has 0 radical (unpaired) electrons. The van der Waals surface area contributed by atoms with E-state index in [1.165, 1.54) is 11.3 Å². The molecule has 0 atom stereocenters. The molecule has 102 valence electrons. The van der Waals surface area contributed by atoms with Crippen LogP contribution >= 0.6 is 0 Å². The van der Waals surface area contributed by atoms with Crippen LogP contribution in [0.2, 0.25) is 0 Å². The summed E-state index contributed by atoms with van der Waals surface area (Å²) in [7, 11) is 2.06. The van der Waals surface area contributed by atoms with Crippen molar-refractivity contribution in [1.82, 2.24) is 14.3 Å². The summed E-state index contributed by atoms with van der Waals surface area (Å²) in [6.45, 7) is 1.63. The molecule has 3 aromatic rings. The molecule has 0 unspecified atom stereocenters. The lowest BCUT2D eigenvalue weighted by Gasteiger charge is -2.09. The number of rotatable bonds is 5. The Morgan fingerprint density at radius 3 is 2.80 bits per heavy atom. The minimum absolute atomic E-state index is 0.798. The molecule has 20 heavy (non-hydrogen) atoms. The van der Waals surface area contributed by atoms with E-state index in [1.807, 2.05) is 16.9 Å². The van der Waals surface area contributed by atoms with Crippen molar-refractivity contribution >= 4 is 5.69 Å². The second kappa shape index (κ2) is 5.65. The maximum Gasteiger partial charge on any atom is 0.0660 e. The highest BCUT2D eigenvalue weighted by Crippen LogP contribution is 2.13. The third kappa shape index (κ3) is 2.91. The Kier molecular flexibility index (Phi) is 3.54. The fourth-order valence-corrected chi connectivity index (χ4v) is 2.23. The van der Waals surface area contributed by atoms with Crippen LogP contribution in [-0.4, -0.2) is 14.3 Å². The molecule has 0 aliphatic carbocycles. The van der Waals surface area contributed by atoms with Gasteiger partial charge in [0.15, 0.2) is 0 Å². The Hall–Kier alpha value is -2.49. The highest BCUT2D eigenvalue weighted by molar-refractivity contribution is 5.46. The lowest BCUT2D eigenvalue weighted by atomic mass is 10.2. The van der Waals surface area contributed by atoms with Crippen molar-refractivity contribution in [3.8, 4) is 0 Å². The van der Waals surface area contributed by atoms with Crippen LogP contribution in [0, 0.1) is 0 Å². The average Bonchev–Trinajstić information content (AvgIpc) is 3.09. The van der Waals surface area contributed by atoms with Crippen LogP contribution in [0.15, 0.2) is 61.1 Å². The van der Waals surface area contributed by atoms with Crippen molar-refractivity contribution in [1.29, 1.82) is 0 Å². The zero-order valence-corrected chi connectivity index (χ0v) is 11.5. The lowest BCUT2D eigenvalue weighted by Crippen LogP contribution is -2.05. The zero-order chi connectivity index (χ0) is 13.8. The van der Waals surface area contributed by atoms with Crippen LogP contribution in [0.1, 0.15) is 11.3 Å². The summed E-state index contributed by atoms with van der Waals surface area (Å²) in [4.78, 5) is 0. The quantitative estimate of drug-likeness (QED) is 0.770. The predicted molar refractivity (Wildman–Crippen MR) is 80.5 cm³/mol. The SMILES string of the molecule is Cn1cccc1CNc1cccc(Cn2cccn2)c1. The van der Waals surface area contributed by atoms with Crippen molar-refractivity contribution in [2.24, 2.45) is 7.05 Å². The molecule has 0 saturated heterocycles. The van der Waals surface area contributed by atoms with Gasteiger partial charge in [-0.05, 0) is 35.9 Å². The zero-order valence-electron chi connectivity index (χ0n) is 11.5. The van der Waals surface area contributed by atoms with Gasteiger partial charge in [-0.25, -0.2) is 0 Å². The van der Waals surface area contributed by atoms with Crippen LogP contribution in [0.4, 0.5) is 5.69 Å². The number of aromatic nitrogens is 3. The summed E-state index contributed by atoms with van der Waals surface area (Å²) < 4.78 is 4.05. The molecule has 0 fully saturated rings. The Balaban J connectivity index is 1.67. The number of nitrogens with zero attached hydrogens (tertiary/aromatic N) is 3. The first-order valence-corrected chi connectivity index (χ1v) is 6.72. The third-order valence-corrected chi connectivity index (χ3v) is 3.36. The van der Waals surface area contributed by atoms with Crippen molar-refractivity contribution in [2.45, 2.75) is 13.1 Å². The van der Waals surface area contributed by atoms with Crippen molar-refractivity contribution in [2.75, 3.05) is 5.32 Å². The second-order valence-electron chi connectivity index (χ2n) is 4.87. The minimum atomic E-state index is 0.798. The molecule has 4 heteroatoms. The maximum atomic E-state index is 4.23. The Labute approximate surface area is 118 Å². The van der Waals surface area contributed by atoms with Gasteiger partial charge in [0.05, 0.1) is 13.1 Å². The highest BCUT2D eigenvalue weighted by Gasteiger charge is 2.00. The number of hydrogen-bond acceptors (Lipinski definition) is 2.